The minimum Gasteiger partial charge on any atom is -0.496 e. The normalized spacial score (nSPS) is 21.3. The second-order valence-corrected chi connectivity index (χ2v) is 11.9. The van der Waals surface area contributed by atoms with Gasteiger partial charge in [0.15, 0.2) is 5.78 Å². The zero-order valence-corrected chi connectivity index (χ0v) is 24.5. The number of methoxy groups -OCH3 is 1. The van der Waals surface area contributed by atoms with Crippen LogP contribution in [0.3, 0.4) is 0 Å². The Morgan fingerprint density at radius 3 is 2.36 bits per heavy atom. The Morgan fingerprint density at radius 2 is 1.74 bits per heavy atom. The SMILES string of the molecule is CCOC(=O)C1=C(C)NC2=C(C(=O)[C@H](C(=O)OCC)[C@H](c3ccccc3OC)C2)[C@@H]1c1ccc(C(C)(C)C)s1. The summed E-state index contributed by atoms with van der Waals surface area (Å²) in [5.41, 5.74) is 2.83. The Morgan fingerprint density at radius 1 is 1.05 bits per heavy atom. The zero-order valence-electron chi connectivity index (χ0n) is 23.7. The number of hydrogen-bond acceptors (Lipinski definition) is 8. The first kappa shape index (κ1) is 28.6. The lowest BCUT2D eigenvalue weighted by atomic mass is 9.68. The van der Waals surface area contributed by atoms with E-state index in [-0.39, 0.29) is 24.4 Å². The van der Waals surface area contributed by atoms with Gasteiger partial charge in [0.05, 0.1) is 31.8 Å². The number of allylic oxidation sites excluding steroid dienone is 3. The topological polar surface area (TPSA) is 90.9 Å². The fourth-order valence-electron chi connectivity index (χ4n) is 5.48. The summed E-state index contributed by atoms with van der Waals surface area (Å²) in [5, 5.41) is 3.35. The molecule has 0 saturated heterocycles. The largest absolute Gasteiger partial charge is 0.496 e. The first-order valence-corrected chi connectivity index (χ1v) is 14.2. The summed E-state index contributed by atoms with van der Waals surface area (Å²) in [5.74, 6) is -3.01. The monoisotopic (exact) mass is 551 g/mol. The lowest BCUT2D eigenvalue weighted by molar-refractivity contribution is -0.152. The molecule has 0 amide bonds. The number of para-hydroxylation sites is 1. The number of esters is 2. The molecule has 3 atom stereocenters. The number of hydrogen-bond donors (Lipinski definition) is 1. The molecule has 0 saturated carbocycles. The van der Waals surface area contributed by atoms with Gasteiger partial charge in [0.25, 0.3) is 0 Å². The van der Waals surface area contributed by atoms with Gasteiger partial charge in [-0.3, -0.25) is 9.59 Å². The standard InChI is InChI=1S/C31H37NO6S/c1-8-37-29(34)24-17(3)32-20-16-19(18-12-10-11-13-21(18)36-7)25(30(35)38-9-2)28(33)26(20)27(24)22-14-15-23(39-22)31(4,5)6/h10-15,19,25,27,32H,8-9,16H2,1-7H3/t19-,25+,27+/m0/s1. The number of carbonyl (C=O) groups is 3. The molecule has 0 radical (unpaired) electrons. The van der Waals surface area contributed by atoms with Gasteiger partial charge in [-0.1, -0.05) is 39.0 Å². The summed E-state index contributed by atoms with van der Waals surface area (Å²) >= 11 is 1.58. The lowest BCUT2D eigenvalue weighted by Gasteiger charge is -2.39. The van der Waals surface area contributed by atoms with Crippen LogP contribution in [0.25, 0.3) is 0 Å². The van der Waals surface area contributed by atoms with Crippen molar-refractivity contribution in [1.82, 2.24) is 5.32 Å². The molecule has 2 heterocycles. The molecule has 1 N–H and O–H groups in total. The number of ketones is 1. The zero-order chi connectivity index (χ0) is 28.5. The maximum absolute atomic E-state index is 14.5. The van der Waals surface area contributed by atoms with Crippen molar-refractivity contribution in [1.29, 1.82) is 0 Å². The number of thiophene rings is 1. The van der Waals surface area contributed by atoms with Gasteiger partial charge in [-0.2, -0.15) is 0 Å². The number of ether oxygens (including phenoxy) is 3. The second-order valence-electron chi connectivity index (χ2n) is 10.8. The highest BCUT2D eigenvalue weighted by molar-refractivity contribution is 7.12. The van der Waals surface area contributed by atoms with Crippen LogP contribution in [0.15, 0.2) is 58.9 Å². The van der Waals surface area contributed by atoms with Crippen LogP contribution in [-0.2, 0) is 29.3 Å². The van der Waals surface area contributed by atoms with Gasteiger partial charge in [0, 0.05) is 32.6 Å². The number of dihydropyridines is 1. The van der Waals surface area contributed by atoms with Gasteiger partial charge in [0.2, 0.25) is 0 Å². The van der Waals surface area contributed by atoms with E-state index in [1.807, 2.05) is 43.3 Å². The van der Waals surface area contributed by atoms with E-state index >= 15 is 0 Å². The summed E-state index contributed by atoms with van der Waals surface area (Å²) in [6, 6.07) is 11.5. The van der Waals surface area contributed by atoms with Crippen molar-refractivity contribution in [3.8, 4) is 5.75 Å². The van der Waals surface area contributed by atoms with Crippen molar-refractivity contribution in [3.63, 3.8) is 0 Å². The number of benzene rings is 1. The lowest BCUT2D eigenvalue weighted by Crippen LogP contribution is -2.43. The van der Waals surface area contributed by atoms with E-state index in [2.05, 4.69) is 26.1 Å². The predicted octanol–water partition coefficient (Wildman–Crippen LogP) is 5.77. The molecular formula is C31H37NO6S. The van der Waals surface area contributed by atoms with E-state index in [1.54, 1.807) is 32.3 Å². The van der Waals surface area contributed by atoms with Crippen LogP contribution in [0.2, 0.25) is 0 Å². The predicted molar refractivity (Wildman–Crippen MR) is 151 cm³/mol. The number of nitrogens with one attached hydrogen (secondary N) is 1. The summed E-state index contributed by atoms with van der Waals surface area (Å²) < 4.78 is 16.5. The van der Waals surface area contributed by atoms with Gasteiger partial charge in [-0.15, -0.1) is 11.3 Å². The third kappa shape index (κ3) is 5.39. The summed E-state index contributed by atoms with van der Waals surface area (Å²) in [4.78, 5) is 43.2. The Bertz CT molecular complexity index is 1340. The Hall–Kier alpha value is -3.39. The first-order valence-electron chi connectivity index (χ1n) is 13.3. The summed E-state index contributed by atoms with van der Waals surface area (Å²) in [6.07, 6.45) is 0.381. The number of Topliss-reactive ketones (excluding diaryl/α,β-unsaturated/α-hetero) is 1. The third-order valence-electron chi connectivity index (χ3n) is 7.24. The molecule has 1 aliphatic carbocycles. The molecule has 39 heavy (non-hydrogen) atoms. The van der Waals surface area contributed by atoms with Crippen LogP contribution < -0.4 is 10.1 Å². The van der Waals surface area contributed by atoms with Crippen LogP contribution in [0, 0.1) is 5.92 Å². The van der Waals surface area contributed by atoms with Gasteiger partial charge < -0.3 is 19.5 Å². The highest BCUT2D eigenvalue weighted by Crippen LogP contribution is 2.51. The molecule has 8 heteroatoms. The maximum Gasteiger partial charge on any atom is 0.336 e. The quantitative estimate of drug-likeness (QED) is 0.345. The van der Waals surface area contributed by atoms with Crippen LogP contribution in [0.1, 0.15) is 75.1 Å². The van der Waals surface area contributed by atoms with Crippen molar-refractivity contribution < 1.29 is 28.6 Å². The van der Waals surface area contributed by atoms with Gasteiger partial charge in [-0.25, -0.2) is 4.79 Å². The molecule has 208 valence electrons. The van der Waals surface area contributed by atoms with Crippen molar-refractivity contribution >= 4 is 29.1 Å². The van der Waals surface area contributed by atoms with Crippen molar-refractivity contribution in [3.05, 3.63) is 74.3 Å². The van der Waals surface area contributed by atoms with E-state index in [0.29, 0.717) is 34.7 Å². The molecule has 0 fully saturated rings. The molecule has 4 rings (SSSR count). The molecule has 1 aromatic carbocycles. The highest BCUT2D eigenvalue weighted by atomic mass is 32.1. The Kier molecular flexibility index (Phi) is 8.35. The average molecular weight is 552 g/mol. The second kappa shape index (κ2) is 11.4. The van der Waals surface area contributed by atoms with E-state index in [0.717, 1.165) is 15.3 Å². The molecular weight excluding hydrogens is 514 g/mol. The molecule has 1 aromatic heterocycles. The first-order chi connectivity index (χ1) is 18.5. The maximum atomic E-state index is 14.5. The van der Waals surface area contributed by atoms with Crippen molar-refractivity contribution in [2.75, 3.05) is 20.3 Å². The van der Waals surface area contributed by atoms with Gasteiger partial charge in [0.1, 0.15) is 11.7 Å². The van der Waals surface area contributed by atoms with E-state index < -0.39 is 29.7 Å². The molecule has 0 unspecified atom stereocenters. The summed E-state index contributed by atoms with van der Waals surface area (Å²) in [6.45, 7) is 12.1. The van der Waals surface area contributed by atoms with E-state index in [9.17, 15) is 14.4 Å². The van der Waals surface area contributed by atoms with Crippen molar-refractivity contribution in [2.45, 2.75) is 65.2 Å². The molecule has 0 bridgehead atoms. The van der Waals surface area contributed by atoms with Crippen LogP contribution in [0.4, 0.5) is 0 Å². The Labute approximate surface area is 234 Å². The fraction of sp³-hybridized carbons (Fsp3) is 0.452. The van der Waals surface area contributed by atoms with Crippen LogP contribution in [-0.4, -0.2) is 38.0 Å². The molecule has 1 aliphatic heterocycles. The molecule has 2 aliphatic rings. The van der Waals surface area contributed by atoms with Gasteiger partial charge >= 0.3 is 11.9 Å². The Balaban J connectivity index is 1.92. The van der Waals surface area contributed by atoms with Crippen molar-refractivity contribution in [2.24, 2.45) is 5.92 Å². The number of carbonyl (C=O) groups excluding carboxylic acids is 3. The average Bonchev–Trinajstić information content (AvgIpc) is 3.39. The van der Waals surface area contributed by atoms with Gasteiger partial charge in [-0.05, 0) is 56.4 Å². The van der Waals surface area contributed by atoms with E-state index in [1.165, 1.54) is 0 Å². The number of rotatable bonds is 7. The molecule has 7 nitrogen and oxygen atoms in total. The van der Waals surface area contributed by atoms with E-state index in [4.69, 9.17) is 14.2 Å². The summed E-state index contributed by atoms with van der Waals surface area (Å²) in [7, 11) is 1.57. The molecule has 2 aromatic rings. The molecule has 0 spiro atoms. The highest BCUT2D eigenvalue weighted by Gasteiger charge is 2.50. The smallest absolute Gasteiger partial charge is 0.336 e. The minimum absolute atomic E-state index is 0.102. The fourth-order valence-corrected chi connectivity index (χ4v) is 6.66. The van der Waals surface area contributed by atoms with Crippen LogP contribution >= 0.6 is 11.3 Å². The third-order valence-corrected chi connectivity index (χ3v) is 8.82. The minimum atomic E-state index is -1.08. The van der Waals surface area contributed by atoms with Crippen LogP contribution in [0.5, 0.6) is 5.75 Å².